The van der Waals surface area contributed by atoms with E-state index < -0.39 is 0 Å². The lowest BCUT2D eigenvalue weighted by molar-refractivity contribution is 0.120. The maximum absolute atomic E-state index is 5.68. The van der Waals surface area contributed by atoms with Crippen LogP contribution in [0.15, 0.2) is 0 Å². The third kappa shape index (κ3) is 2.34. The van der Waals surface area contributed by atoms with Gasteiger partial charge >= 0.3 is 0 Å². The van der Waals surface area contributed by atoms with Crippen LogP contribution in [0.2, 0.25) is 0 Å². The van der Waals surface area contributed by atoms with Crippen molar-refractivity contribution >= 4 is 5.82 Å². The second kappa shape index (κ2) is 4.75. The first-order valence-electron chi connectivity index (χ1n) is 7.65. The fourth-order valence-electron chi connectivity index (χ4n) is 3.14. The Kier molecular flexibility index (Phi) is 2.91. The van der Waals surface area contributed by atoms with Gasteiger partial charge in [0.2, 0.25) is 0 Å². The molecule has 4 nitrogen and oxygen atoms in total. The zero-order valence-corrected chi connectivity index (χ0v) is 11.3. The number of hydrogen-bond acceptors (Lipinski definition) is 4. The summed E-state index contributed by atoms with van der Waals surface area (Å²) in [6.45, 7) is 1.81. The Balaban J connectivity index is 1.55. The van der Waals surface area contributed by atoms with Crippen molar-refractivity contribution in [2.45, 2.75) is 57.0 Å². The average molecular weight is 259 g/mol. The number of hydrogen-bond donors (Lipinski definition) is 1. The van der Waals surface area contributed by atoms with Crippen LogP contribution in [-0.4, -0.2) is 29.2 Å². The molecule has 2 heterocycles. The smallest absolute Gasteiger partial charge is 0.134 e. The molecule has 1 N–H and O–H groups in total. The van der Waals surface area contributed by atoms with E-state index in [1.165, 1.54) is 43.4 Å². The Morgan fingerprint density at radius 1 is 1.11 bits per heavy atom. The zero-order valence-electron chi connectivity index (χ0n) is 11.3. The second-order valence-corrected chi connectivity index (χ2v) is 6.00. The Hall–Kier alpha value is -1.16. The Morgan fingerprint density at radius 3 is 2.84 bits per heavy atom. The molecule has 1 aromatic rings. The summed E-state index contributed by atoms with van der Waals surface area (Å²) < 4.78 is 5.68. The van der Waals surface area contributed by atoms with Crippen LogP contribution in [0.5, 0.6) is 0 Å². The maximum atomic E-state index is 5.68. The molecule has 0 aromatic carbocycles. The van der Waals surface area contributed by atoms with Crippen LogP contribution in [0.25, 0.3) is 0 Å². The van der Waals surface area contributed by atoms with E-state index in [4.69, 9.17) is 14.7 Å². The van der Waals surface area contributed by atoms with E-state index in [2.05, 4.69) is 5.32 Å². The van der Waals surface area contributed by atoms with Gasteiger partial charge in [-0.1, -0.05) is 0 Å². The number of fused-ring (bicyclic) bond motifs is 1. The number of ether oxygens (including phenoxy) is 1. The first-order chi connectivity index (χ1) is 9.40. The van der Waals surface area contributed by atoms with E-state index in [1.54, 1.807) is 0 Å². The minimum atomic E-state index is 0.372. The lowest BCUT2D eigenvalue weighted by Gasteiger charge is -2.15. The van der Waals surface area contributed by atoms with Crippen LogP contribution in [0.4, 0.5) is 5.82 Å². The quantitative estimate of drug-likeness (QED) is 0.902. The lowest BCUT2D eigenvalue weighted by atomic mass is 10.2. The normalized spacial score (nSPS) is 25.6. The Morgan fingerprint density at radius 2 is 2.05 bits per heavy atom. The van der Waals surface area contributed by atoms with Crippen LogP contribution in [0, 0.1) is 0 Å². The third-order valence-corrected chi connectivity index (χ3v) is 4.41. The van der Waals surface area contributed by atoms with Crippen LogP contribution in [0.1, 0.15) is 55.1 Å². The van der Waals surface area contributed by atoms with E-state index >= 15 is 0 Å². The van der Waals surface area contributed by atoms with E-state index in [9.17, 15) is 0 Å². The van der Waals surface area contributed by atoms with Gasteiger partial charge in [-0.05, 0) is 44.9 Å². The second-order valence-electron chi connectivity index (χ2n) is 6.00. The predicted octanol–water partition coefficient (Wildman–Crippen LogP) is 2.43. The molecule has 0 bridgehead atoms. The number of aryl methyl sites for hydroxylation is 1. The summed E-state index contributed by atoms with van der Waals surface area (Å²) in [5, 5.41) is 3.53. The van der Waals surface area contributed by atoms with Crippen molar-refractivity contribution in [3.05, 3.63) is 17.1 Å². The molecule has 1 aromatic heterocycles. The van der Waals surface area contributed by atoms with Crippen LogP contribution >= 0.6 is 0 Å². The molecule has 2 fully saturated rings. The van der Waals surface area contributed by atoms with Gasteiger partial charge in [-0.2, -0.15) is 0 Å². The molecule has 3 aliphatic rings. The lowest BCUT2D eigenvalue weighted by Crippen LogP contribution is -2.20. The van der Waals surface area contributed by atoms with Gasteiger partial charge in [0.1, 0.15) is 11.6 Å². The van der Waals surface area contributed by atoms with Crippen molar-refractivity contribution in [1.82, 2.24) is 9.97 Å². The first-order valence-corrected chi connectivity index (χ1v) is 7.65. The molecule has 4 rings (SSSR count). The molecule has 1 saturated carbocycles. The van der Waals surface area contributed by atoms with Crippen molar-refractivity contribution in [2.24, 2.45) is 0 Å². The van der Waals surface area contributed by atoms with Crippen molar-refractivity contribution in [1.29, 1.82) is 0 Å². The van der Waals surface area contributed by atoms with Gasteiger partial charge in [-0.3, -0.25) is 0 Å². The number of nitrogens with one attached hydrogen (secondary N) is 1. The molecule has 4 heteroatoms. The van der Waals surface area contributed by atoms with Gasteiger partial charge in [0, 0.05) is 30.3 Å². The molecule has 0 unspecified atom stereocenters. The molecule has 1 saturated heterocycles. The van der Waals surface area contributed by atoms with Crippen LogP contribution in [0.3, 0.4) is 0 Å². The van der Waals surface area contributed by atoms with Gasteiger partial charge in [0.05, 0.1) is 6.10 Å². The van der Waals surface area contributed by atoms with Gasteiger partial charge in [0.15, 0.2) is 0 Å². The van der Waals surface area contributed by atoms with E-state index in [0.717, 1.165) is 37.6 Å². The van der Waals surface area contributed by atoms with Crippen molar-refractivity contribution in [3.8, 4) is 0 Å². The third-order valence-electron chi connectivity index (χ3n) is 4.41. The largest absolute Gasteiger partial charge is 0.376 e. The van der Waals surface area contributed by atoms with Crippen LogP contribution < -0.4 is 5.32 Å². The molecular formula is C15H21N3O. The van der Waals surface area contributed by atoms with Crippen molar-refractivity contribution in [2.75, 3.05) is 18.5 Å². The van der Waals surface area contributed by atoms with E-state index in [1.807, 2.05) is 0 Å². The summed E-state index contributed by atoms with van der Waals surface area (Å²) >= 11 is 0. The van der Waals surface area contributed by atoms with Gasteiger partial charge in [-0.15, -0.1) is 0 Å². The van der Waals surface area contributed by atoms with Gasteiger partial charge < -0.3 is 10.1 Å². The van der Waals surface area contributed by atoms with Crippen molar-refractivity contribution in [3.63, 3.8) is 0 Å². The van der Waals surface area contributed by atoms with E-state index in [-0.39, 0.29) is 0 Å². The predicted molar refractivity (Wildman–Crippen MR) is 73.5 cm³/mol. The summed E-state index contributed by atoms with van der Waals surface area (Å²) in [6, 6.07) is 0. The highest BCUT2D eigenvalue weighted by atomic mass is 16.5. The monoisotopic (exact) mass is 259 g/mol. The minimum absolute atomic E-state index is 0.372. The Bertz CT molecular complexity index is 479. The fourth-order valence-corrected chi connectivity index (χ4v) is 3.14. The topological polar surface area (TPSA) is 47.0 Å². The van der Waals surface area contributed by atoms with Gasteiger partial charge in [-0.25, -0.2) is 9.97 Å². The molecule has 1 atom stereocenters. The van der Waals surface area contributed by atoms with Crippen molar-refractivity contribution < 1.29 is 4.74 Å². The number of aromatic nitrogens is 2. The van der Waals surface area contributed by atoms with E-state index in [0.29, 0.717) is 12.0 Å². The standard InChI is InChI=1S/C15H21N3O/c1-4-12-13(5-1)17-14(10-6-7-10)18-15(12)16-9-11-3-2-8-19-11/h10-11H,1-9H2,(H,16,17,18)/t11-/m0/s1. The summed E-state index contributed by atoms with van der Waals surface area (Å²) in [4.78, 5) is 9.56. The molecule has 1 aliphatic heterocycles. The minimum Gasteiger partial charge on any atom is -0.376 e. The first kappa shape index (κ1) is 11.6. The molecule has 102 valence electrons. The highest BCUT2D eigenvalue weighted by molar-refractivity contribution is 5.49. The molecule has 0 spiro atoms. The summed E-state index contributed by atoms with van der Waals surface area (Å²) in [5.74, 6) is 2.81. The molecule has 0 radical (unpaired) electrons. The zero-order chi connectivity index (χ0) is 12.7. The molecule has 2 aliphatic carbocycles. The van der Waals surface area contributed by atoms with Crippen LogP contribution in [-0.2, 0) is 17.6 Å². The molecule has 0 amide bonds. The maximum Gasteiger partial charge on any atom is 0.134 e. The van der Waals surface area contributed by atoms with Gasteiger partial charge in [0.25, 0.3) is 0 Å². The molecular weight excluding hydrogens is 238 g/mol. The fraction of sp³-hybridized carbons (Fsp3) is 0.733. The highest BCUT2D eigenvalue weighted by Gasteiger charge is 2.29. The number of nitrogens with zero attached hydrogens (tertiary/aromatic N) is 2. The molecule has 19 heavy (non-hydrogen) atoms. The number of anilines is 1. The Labute approximate surface area is 114 Å². The average Bonchev–Trinajstić information content (AvgIpc) is 2.96. The summed E-state index contributed by atoms with van der Waals surface area (Å²) in [5.41, 5.74) is 2.66. The summed E-state index contributed by atoms with van der Waals surface area (Å²) in [7, 11) is 0. The SMILES string of the molecule is C1Cc2nc(C3CC3)nc(NC[C@@H]3CCCO3)c2C1. The summed E-state index contributed by atoms with van der Waals surface area (Å²) in [6.07, 6.45) is 8.77. The highest BCUT2D eigenvalue weighted by Crippen LogP contribution is 2.40. The number of rotatable bonds is 4.